The number of anilines is 1. The number of likely N-dealkylation sites (N-methyl/N-ethyl adjacent to an activating group) is 1. The average Bonchev–Trinajstić information content (AvgIpc) is 3.06. The van der Waals surface area contributed by atoms with Crippen LogP contribution in [0.25, 0.3) is 0 Å². The molecule has 2 amide bonds. The van der Waals surface area contributed by atoms with Crippen LogP contribution in [0.15, 0.2) is 0 Å². The summed E-state index contributed by atoms with van der Waals surface area (Å²) >= 11 is 1.49. The Morgan fingerprint density at radius 3 is 2.62 bits per heavy atom. The first-order valence-electron chi connectivity index (χ1n) is 10.9. The van der Waals surface area contributed by atoms with Crippen LogP contribution in [-0.2, 0) is 14.9 Å². The summed E-state index contributed by atoms with van der Waals surface area (Å²) in [7, 11) is 1.80. The fourth-order valence-corrected chi connectivity index (χ4v) is 4.14. The molecule has 1 aromatic rings. The van der Waals surface area contributed by atoms with Gasteiger partial charge in [0.15, 0.2) is 6.29 Å². The summed E-state index contributed by atoms with van der Waals surface area (Å²) in [5.41, 5.74) is -0.0850. The molecule has 0 radical (unpaired) electrons. The SMILES string of the molecule is CCCCC1CCCOC(CN(C)C(=O)N(CCC)c2nnc(C(C)(C)C)s2)O1. The largest absolute Gasteiger partial charge is 0.351 e. The molecule has 29 heavy (non-hydrogen) atoms. The number of ether oxygens (including phenoxy) is 2. The lowest BCUT2D eigenvalue weighted by Crippen LogP contribution is -2.46. The van der Waals surface area contributed by atoms with E-state index in [2.05, 4.69) is 44.8 Å². The number of urea groups is 1. The standard InChI is InChI=1S/C21H38N4O3S/c1-7-9-11-16-12-10-14-27-17(28-16)15-24(6)20(26)25(13-8-2)19-23-22-18(29-19)21(3,4)5/h16-17H,7-15H2,1-6H3. The predicted octanol–water partition coefficient (Wildman–Crippen LogP) is 4.82. The molecule has 1 fully saturated rings. The van der Waals surface area contributed by atoms with Crippen molar-refractivity contribution in [2.45, 2.75) is 91.0 Å². The van der Waals surface area contributed by atoms with E-state index >= 15 is 0 Å². The van der Waals surface area contributed by atoms with Crippen LogP contribution in [0, 0.1) is 0 Å². The third-order valence-electron chi connectivity index (χ3n) is 4.91. The molecule has 2 rings (SSSR count). The minimum absolute atomic E-state index is 0.0850. The Balaban J connectivity index is 2.04. The first kappa shape index (κ1) is 24.0. The second-order valence-electron chi connectivity index (χ2n) is 8.80. The average molecular weight is 427 g/mol. The van der Waals surface area contributed by atoms with E-state index in [4.69, 9.17) is 9.47 Å². The zero-order chi connectivity index (χ0) is 21.4. The molecule has 0 saturated carbocycles. The minimum atomic E-state index is -0.378. The first-order chi connectivity index (χ1) is 13.8. The van der Waals surface area contributed by atoms with E-state index in [0.717, 1.165) is 43.5 Å². The molecule has 0 aromatic carbocycles. The van der Waals surface area contributed by atoms with Crippen molar-refractivity contribution >= 4 is 22.5 Å². The molecule has 0 aliphatic carbocycles. The molecule has 1 aromatic heterocycles. The molecule has 1 aliphatic heterocycles. The summed E-state index contributed by atoms with van der Waals surface area (Å²) in [6, 6.07) is -0.0926. The second-order valence-corrected chi connectivity index (χ2v) is 9.75. The summed E-state index contributed by atoms with van der Waals surface area (Å²) < 4.78 is 12.0. The van der Waals surface area contributed by atoms with Crippen LogP contribution in [0.5, 0.6) is 0 Å². The lowest BCUT2D eigenvalue weighted by atomic mass is 9.98. The number of nitrogens with zero attached hydrogens (tertiary/aromatic N) is 4. The van der Waals surface area contributed by atoms with Gasteiger partial charge in [-0.15, -0.1) is 10.2 Å². The van der Waals surface area contributed by atoms with Crippen LogP contribution in [0.4, 0.5) is 9.93 Å². The molecule has 2 atom stereocenters. The fraction of sp³-hybridized carbons (Fsp3) is 0.857. The molecule has 0 spiro atoms. The third-order valence-corrected chi connectivity index (χ3v) is 6.28. The van der Waals surface area contributed by atoms with E-state index in [1.54, 1.807) is 16.8 Å². The predicted molar refractivity (Wildman–Crippen MR) is 118 cm³/mol. The van der Waals surface area contributed by atoms with Crippen molar-refractivity contribution < 1.29 is 14.3 Å². The van der Waals surface area contributed by atoms with Crippen molar-refractivity contribution in [3.05, 3.63) is 5.01 Å². The van der Waals surface area contributed by atoms with E-state index < -0.39 is 0 Å². The van der Waals surface area contributed by atoms with Gasteiger partial charge in [0, 0.05) is 25.6 Å². The van der Waals surface area contributed by atoms with Crippen LogP contribution in [0.2, 0.25) is 0 Å². The lowest BCUT2D eigenvalue weighted by molar-refractivity contribution is -0.159. The Hall–Kier alpha value is -1.25. The number of rotatable bonds is 8. The van der Waals surface area contributed by atoms with Crippen molar-refractivity contribution in [3.8, 4) is 0 Å². The van der Waals surface area contributed by atoms with Gasteiger partial charge in [0.25, 0.3) is 0 Å². The van der Waals surface area contributed by atoms with Gasteiger partial charge in [-0.1, -0.05) is 58.8 Å². The van der Waals surface area contributed by atoms with Crippen LogP contribution >= 0.6 is 11.3 Å². The van der Waals surface area contributed by atoms with Crippen LogP contribution in [0.3, 0.4) is 0 Å². The Bertz CT molecular complexity index is 632. The minimum Gasteiger partial charge on any atom is -0.351 e. The Morgan fingerprint density at radius 1 is 1.24 bits per heavy atom. The highest BCUT2D eigenvalue weighted by Gasteiger charge is 2.29. The molecule has 0 N–H and O–H groups in total. The molecule has 1 aliphatic rings. The van der Waals surface area contributed by atoms with E-state index in [1.165, 1.54) is 11.3 Å². The van der Waals surface area contributed by atoms with Crippen molar-refractivity contribution in [2.75, 3.05) is 31.6 Å². The molecule has 2 unspecified atom stereocenters. The van der Waals surface area contributed by atoms with Gasteiger partial charge in [-0.05, 0) is 25.7 Å². The molecular formula is C21H38N4O3S. The molecule has 2 heterocycles. The van der Waals surface area contributed by atoms with Gasteiger partial charge >= 0.3 is 6.03 Å². The number of hydrogen-bond donors (Lipinski definition) is 0. The number of amides is 2. The highest BCUT2D eigenvalue weighted by Crippen LogP contribution is 2.30. The smallest absolute Gasteiger partial charge is 0.326 e. The maximum Gasteiger partial charge on any atom is 0.326 e. The molecule has 1 saturated heterocycles. The van der Waals surface area contributed by atoms with Crippen molar-refractivity contribution in [2.24, 2.45) is 0 Å². The maximum absolute atomic E-state index is 13.2. The van der Waals surface area contributed by atoms with Gasteiger partial charge < -0.3 is 14.4 Å². The van der Waals surface area contributed by atoms with Gasteiger partial charge in [-0.25, -0.2) is 4.79 Å². The lowest BCUT2D eigenvalue weighted by Gasteiger charge is -2.29. The van der Waals surface area contributed by atoms with Crippen molar-refractivity contribution in [3.63, 3.8) is 0 Å². The zero-order valence-electron chi connectivity index (χ0n) is 18.9. The molecule has 166 valence electrons. The molecule has 7 nitrogen and oxygen atoms in total. The topological polar surface area (TPSA) is 67.8 Å². The zero-order valence-corrected chi connectivity index (χ0v) is 19.8. The highest BCUT2D eigenvalue weighted by atomic mass is 32.1. The maximum atomic E-state index is 13.2. The number of carbonyl (C=O) groups excluding carboxylic acids is 1. The first-order valence-corrected chi connectivity index (χ1v) is 11.7. The Morgan fingerprint density at radius 2 is 2.00 bits per heavy atom. The fourth-order valence-electron chi connectivity index (χ4n) is 3.22. The quantitative estimate of drug-likeness (QED) is 0.596. The van der Waals surface area contributed by atoms with Gasteiger partial charge in [0.2, 0.25) is 5.13 Å². The van der Waals surface area contributed by atoms with Gasteiger partial charge in [-0.2, -0.15) is 0 Å². The highest BCUT2D eigenvalue weighted by molar-refractivity contribution is 7.15. The number of aromatic nitrogens is 2. The molecular weight excluding hydrogens is 388 g/mol. The molecule has 0 bridgehead atoms. The Labute approximate surface area is 179 Å². The molecule has 8 heteroatoms. The monoisotopic (exact) mass is 426 g/mol. The van der Waals surface area contributed by atoms with Gasteiger partial charge in [0.1, 0.15) is 5.01 Å². The van der Waals surface area contributed by atoms with E-state index in [9.17, 15) is 4.79 Å². The van der Waals surface area contributed by atoms with Crippen molar-refractivity contribution in [1.82, 2.24) is 15.1 Å². The number of hydrogen-bond acceptors (Lipinski definition) is 6. The van der Waals surface area contributed by atoms with Crippen LogP contribution in [-0.4, -0.2) is 60.3 Å². The Kier molecular flexibility index (Phi) is 9.30. The summed E-state index contributed by atoms with van der Waals surface area (Å²) in [6.45, 7) is 12.3. The van der Waals surface area contributed by atoms with E-state index in [0.29, 0.717) is 24.8 Å². The second kappa shape index (κ2) is 11.2. The van der Waals surface area contributed by atoms with Gasteiger partial charge in [0.05, 0.1) is 12.6 Å². The summed E-state index contributed by atoms with van der Waals surface area (Å²) in [6.07, 6.45) is 6.08. The summed E-state index contributed by atoms with van der Waals surface area (Å²) in [4.78, 5) is 16.6. The van der Waals surface area contributed by atoms with E-state index in [-0.39, 0.29) is 23.8 Å². The van der Waals surface area contributed by atoms with Crippen molar-refractivity contribution in [1.29, 1.82) is 0 Å². The van der Waals surface area contributed by atoms with Gasteiger partial charge in [-0.3, -0.25) is 4.90 Å². The van der Waals surface area contributed by atoms with Crippen LogP contribution < -0.4 is 4.90 Å². The summed E-state index contributed by atoms with van der Waals surface area (Å²) in [5.74, 6) is 0. The van der Waals surface area contributed by atoms with Crippen LogP contribution in [0.1, 0.15) is 78.2 Å². The van der Waals surface area contributed by atoms with E-state index in [1.807, 2.05) is 0 Å². The number of unbranched alkanes of at least 4 members (excludes halogenated alkanes) is 1. The summed E-state index contributed by atoms with van der Waals surface area (Å²) in [5, 5.41) is 10.2. The third kappa shape index (κ3) is 7.19. The number of carbonyl (C=O) groups is 1. The normalized spacial score (nSPS) is 20.3.